The van der Waals surface area contributed by atoms with E-state index < -0.39 is 53.5 Å². The number of carboxylic acids is 4. The number of hydrogen-bond donors (Lipinski definition) is 4. The predicted octanol–water partition coefficient (Wildman–Crippen LogP) is 0.856. The van der Waals surface area contributed by atoms with E-state index in [-0.39, 0.29) is 24.2 Å². The number of rotatable bonds is 4. The highest BCUT2D eigenvalue weighted by Gasteiger charge is 2.66. The van der Waals surface area contributed by atoms with Crippen LogP contribution in [0, 0.1) is 47.3 Å². The first-order chi connectivity index (χ1) is 11.3. The lowest BCUT2D eigenvalue weighted by Gasteiger charge is -2.46. The van der Waals surface area contributed by atoms with Crippen LogP contribution in [0.4, 0.5) is 0 Å². The smallest absolute Gasteiger partial charge is 0.307 e. The zero-order valence-electron chi connectivity index (χ0n) is 12.9. The molecule has 0 aromatic rings. The average molecular weight is 340 g/mol. The summed E-state index contributed by atoms with van der Waals surface area (Å²) in [6, 6.07) is 0. The van der Waals surface area contributed by atoms with Crippen LogP contribution in [0.2, 0.25) is 0 Å². The van der Waals surface area contributed by atoms with Gasteiger partial charge in [-0.25, -0.2) is 0 Å². The van der Waals surface area contributed by atoms with Crippen molar-refractivity contribution >= 4 is 23.9 Å². The van der Waals surface area contributed by atoms with Gasteiger partial charge in [-0.2, -0.15) is 0 Å². The van der Waals surface area contributed by atoms with Gasteiger partial charge in [-0.15, -0.1) is 0 Å². The van der Waals surface area contributed by atoms with Gasteiger partial charge in [0.2, 0.25) is 0 Å². The summed E-state index contributed by atoms with van der Waals surface area (Å²) in [6.07, 6.45) is 2.16. The van der Waals surface area contributed by atoms with Crippen molar-refractivity contribution in [1.82, 2.24) is 0 Å². The Kier molecular flexibility index (Phi) is 4.01. The highest BCUT2D eigenvalue weighted by Crippen LogP contribution is 2.62. The number of hydrogen-bond acceptors (Lipinski definition) is 4. The predicted molar refractivity (Wildman–Crippen MR) is 76.9 cm³/mol. The molecule has 3 aliphatic carbocycles. The first kappa shape index (κ1) is 16.7. The summed E-state index contributed by atoms with van der Waals surface area (Å²) in [5.74, 6) is -11.9. The quantitative estimate of drug-likeness (QED) is 0.588. The molecular formula is C16H20O8. The normalized spacial score (nSPS) is 43.7. The minimum Gasteiger partial charge on any atom is -0.481 e. The van der Waals surface area contributed by atoms with Crippen molar-refractivity contribution in [3.8, 4) is 0 Å². The molecule has 3 rings (SSSR count). The first-order valence-electron chi connectivity index (χ1n) is 8.17. The van der Waals surface area contributed by atoms with Crippen molar-refractivity contribution in [3.63, 3.8) is 0 Å². The highest BCUT2D eigenvalue weighted by atomic mass is 16.4. The molecule has 0 heterocycles. The number of aliphatic carboxylic acids is 4. The molecule has 132 valence electrons. The van der Waals surface area contributed by atoms with Gasteiger partial charge in [0.15, 0.2) is 0 Å². The van der Waals surface area contributed by atoms with Crippen LogP contribution in [-0.4, -0.2) is 44.3 Å². The molecule has 0 amide bonds. The minimum absolute atomic E-state index is 0.114. The molecule has 4 N–H and O–H groups in total. The Morgan fingerprint density at radius 2 is 1.25 bits per heavy atom. The fraction of sp³-hybridized carbons (Fsp3) is 0.750. The Morgan fingerprint density at radius 3 is 1.75 bits per heavy atom. The van der Waals surface area contributed by atoms with Crippen molar-refractivity contribution in [2.75, 3.05) is 0 Å². The van der Waals surface area contributed by atoms with Crippen molar-refractivity contribution < 1.29 is 39.6 Å². The van der Waals surface area contributed by atoms with Crippen LogP contribution in [-0.2, 0) is 19.2 Å². The molecular weight excluding hydrogens is 320 g/mol. The molecule has 0 radical (unpaired) electrons. The monoisotopic (exact) mass is 340 g/mol. The van der Waals surface area contributed by atoms with Crippen LogP contribution in [0.5, 0.6) is 0 Å². The Hall–Kier alpha value is -2.12. The van der Waals surface area contributed by atoms with Crippen molar-refractivity contribution in [2.45, 2.75) is 25.7 Å². The van der Waals surface area contributed by atoms with Crippen molar-refractivity contribution in [3.05, 3.63) is 0 Å². The Bertz CT molecular complexity index is 599. The summed E-state index contributed by atoms with van der Waals surface area (Å²) in [5, 5.41) is 38.2. The maximum Gasteiger partial charge on any atom is 0.307 e. The van der Waals surface area contributed by atoms with Crippen molar-refractivity contribution in [2.24, 2.45) is 47.3 Å². The average Bonchev–Trinajstić information content (AvgIpc) is 2.83. The van der Waals surface area contributed by atoms with Crippen molar-refractivity contribution in [1.29, 1.82) is 0 Å². The summed E-state index contributed by atoms with van der Waals surface area (Å²) in [4.78, 5) is 46.9. The van der Waals surface area contributed by atoms with E-state index in [9.17, 15) is 39.6 Å². The van der Waals surface area contributed by atoms with Crippen LogP contribution in [0.25, 0.3) is 0 Å². The van der Waals surface area contributed by atoms with E-state index in [0.29, 0.717) is 12.8 Å². The van der Waals surface area contributed by atoms with E-state index in [0.717, 1.165) is 6.42 Å². The van der Waals surface area contributed by atoms with E-state index in [1.54, 1.807) is 0 Å². The van der Waals surface area contributed by atoms with Crippen LogP contribution in [0.15, 0.2) is 0 Å². The molecule has 8 heteroatoms. The van der Waals surface area contributed by atoms with E-state index in [1.165, 1.54) is 0 Å². The molecule has 8 unspecified atom stereocenters. The van der Waals surface area contributed by atoms with Gasteiger partial charge in [-0.3, -0.25) is 19.2 Å². The molecule has 8 nitrogen and oxygen atoms in total. The van der Waals surface area contributed by atoms with Crippen LogP contribution in [0.3, 0.4) is 0 Å². The Labute approximate surface area is 137 Å². The van der Waals surface area contributed by atoms with Crippen LogP contribution < -0.4 is 0 Å². The molecule has 0 aromatic carbocycles. The zero-order valence-corrected chi connectivity index (χ0v) is 12.9. The van der Waals surface area contributed by atoms with Crippen LogP contribution in [0.1, 0.15) is 25.7 Å². The van der Waals surface area contributed by atoms with E-state index in [4.69, 9.17) is 0 Å². The molecule has 24 heavy (non-hydrogen) atoms. The first-order valence-corrected chi connectivity index (χ1v) is 8.17. The van der Waals surface area contributed by atoms with E-state index in [1.807, 2.05) is 0 Å². The maximum absolute atomic E-state index is 11.8. The summed E-state index contributed by atoms with van der Waals surface area (Å²) in [6.45, 7) is 0. The molecule has 3 fully saturated rings. The lowest BCUT2D eigenvalue weighted by molar-refractivity contribution is -0.167. The highest BCUT2D eigenvalue weighted by molar-refractivity contribution is 5.85. The minimum atomic E-state index is -1.35. The van der Waals surface area contributed by atoms with Gasteiger partial charge in [0.1, 0.15) is 0 Å². The number of carbonyl (C=O) groups is 4. The van der Waals surface area contributed by atoms with Gasteiger partial charge in [0, 0.05) is 0 Å². The molecule has 0 aliphatic heterocycles. The fourth-order valence-corrected chi connectivity index (χ4v) is 5.84. The Morgan fingerprint density at radius 1 is 0.667 bits per heavy atom. The zero-order chi connectivity index (χ0) is 17.8. The van der Waals surface area contributed by atoms with Gasteiger partial charge in [0.05, 0.1) is 23.7 Å². The van der Waals surface area contributed by atoms with E-state index >= 15 is 0 Å². The molecule has 0 aromatic heterocycles. The van der Waals surface area contributed by atoms with Gasteiger partial charge in [0.25, 0.3) is 0 Å². The SMILES string of the molecule is O=C(O)C1CC2CCCC3C(C(=O)O)C(C(=O)O)C(C1C(=O)O)C23. The van der Waals surface area contributed by atoms with Gasteiger partial charge < -0.3 is 20.4 Å². The lowest BCUT2D eigenvalue weighted by atomic mass is 9.57. The summed E-state index contributed by atoms with van der Waals surface area (Å²) in [7, 11) is 0. The summed E-state index contributed by atoms with van der Waals surface area (Å²) in [5.41, 5.74) is 0. The molecule has 0 saturated heterocycles. The molecule has 3 aliphatic rings. The largest absolute Gasteiger partial charge is 0.481 e. The topological polar surface area (TPSA) is 149 Å². The second kappa shape index (κ2) is 5.75. The molecule has 3 saturated carbocycles. The van der Waals surface area contributed by atoms with Crippen LogP contribution >= 0.6 is 0 Å². The Balaban J connectivity index is 2.13. The second-order valence-electron chi connectivity index (χ2n) is 7.28. The fourth-order valence-electron chi connectivity index (χ4n) is 5.84. The summed E-state index contributed by atoms with van der Waals surface area (Å²) < 4.78 is 0. The third-order valence-electron chi connectivity index (χ3n) is 6.44. The second-order valence-corrected chi connectivity index (χ2v) is 7.28. The molecule has 0 bridgehead atoms. The number of carboxylic acid groups (broad SMARTS) is 4. The van der Waals surface area contributed by atoms with Gasteiger partial charge in [-0.1, -0.05) is 12.8 Å². The van der Waals surface area contributed by atoms with Gasteiger partial charge >= 0.3 is 23.9 Å². The maximum atomic E-state index is 11.8. The summed E-state index contributed by atoms with van der Waals surface area (Å²) >= 11 is 0. The molecule has 8 atom stereocenters. The lowest BCUT2D eigenvalue weighted by Crippen LogP contribution is -2.49. The third kappa shape index (κ3) is 2.27. The van der Waals surface area contributed by atoms with Gasteiger partial charge in [-0.05, 0) is 36.5 Å². The van der Waals surface area contributed by atoms with E-state index in [2.05, 4.69) is 0 Å². The third-order valence-corrected chi connectivity index (χ3v) is 6.44. The molecule has 0 spiro atoms. The standard InChI is InChI=1S/C16H20O8/c17-13(18)7-4-5-2-1-3-6-8(5)11(10(7)15(21)22)12(16(23)24)9(6)14(19)20/h5-12H,1-4H2,(H,17,18)(H,19,20)(H,21,22)(H,23,24).